The van der Waals surface area contributed by atoms with Gasteiger partial charge in [0, 0.05) is 35.8 Å². The van der Waals surface area contributed by atoms with Crippen LogP contribution in [0.3, 0.4) is 0 Å². The van der Waals surface area contributed by atoms with Crippen molar-refractivity contribution < 1.29 is 9.53 Å². The van der Waals surface area contributed by atoms with Gasteiger partial charge < -0.3 is 15.0 Å². The second-order valence-electron chi connectivity index (χ2n) is 8.27. The highest BCUT2D eigenvalue weighted by molar-refractivity contribution is 5.93. The summed E-state index contributed by atoms with van der Waals surface area (Å²) in [5.41, 5.74) is 0.764. The molecule has 8 heteroatoms. The molecule has 3 N–H and O–H groups in total. The summed E-state index contributed by atoms with van der Waals surface area (Å²) in [6.45, 7) is 6.51. The number of nitrogens with one attached hydrogen (secondary N) is 3. The van der Waals surface area contributed by atoms with Crippen molar-refractivity contribution >= 4 is 16.8 Å². The highest BCUT2D eigenvalue weighted by Gasteiger charge is 2.39. The molecule has 0 bridgehead atoms. The average molecular weight is 425 g/mol. The van der Waals surface area contributed by atoms with E-state index in [4.69, 9.17) is 4.74 Å². The number of rotatable bonds is 6. The van der Waals surface area contributed by atoms with Crippen LogP contribution < -0.4 is 16.6 Å². The van der Waals surface area contributed by atoms with Crippen LogP contribution in [0, 0.1) is 11.8 Å². The van der Waals surface area contributed by atoms with Crippen molar-refractivity contribution in [1.29, 1.82) is 0 Å². The Bertz CT molecular complexity index is 1210. The SMILES string of the molecule is CC[C@H]1O[C@@H](n2cc(C(=O)NCCc3c[nH]c4ccccc34)c(=O)[nH]c2=O)C(C)[C@H]1C. The Morgan fingerprint density at radius 1 is 1.19 bits per heavy atom. The number of H-pyrrole nitrogens is 2. The van der Waals surface area contributed by atoms with Gasteiger partial charge in [0.05, 0.1) is 6.10 Å². The van der Waals surface area contributed by atoms with Crippen molar-refractivity contribution in [2.45, 2.75) is 45.9 Å². The fourth-order valence-electron chi connectivity index (χ4n) is 4.39. The lowest BCUT2D eigenvalue weighted by Gasteiger charge is -2.19. The molecule has 1 saturated heterocycles. The van der Waals surface area contributed by atoms with Crippen LogP contribution in [0.2, 0.25) is 0 Å². The molecule has 1 aliphatic heterocycles. The Balaban J connectivity index is 1.50. The molecule has 1 fully saturated rings. The third-order valence-corrected chi connectivity index (χ3v) is 6.42. The van der Waals surface area contributed by atoms with Crippen LogP contribution in [-0.2, 0) is 11.2 Å². The van der Waals surface area contributed by atoms with Crippen molar-refractivity contribution in [1.82, 2.24) is 19.9 Å². The third kappa shape index (κ3) is 3.95. The van der Waals surface area contributed by atoms with E-state index in [9.17, 15) is 14.4 Å². The average Bonchev–Trinajstić information content (AvgIpc) is 3.29. The molecule has 1 aromatic carbocycles. The minimum atomic E-state index is -0.698. The van der Waals surface area contributed by atoms with Gasteiger partial charge in [-0.1, -0.05) is 39.0 Å². The number of aromatic amines is 2. The maximum atomic E-state index is 12.7. The lowest BCUT2D eigenvalue weighted by atomic mass is 9.91. The van der Waals surface area contributed by atoms with E-state index >= 15 is 0 Å². The molecule has 4 rings (SSSR count). The summed E-state index contributed by atoms with van der Waals surface area (Å²) in [5.74, 6) is -0.172. The molecule has 1 unspecified atom stereocenters. The number of nitrogens with zero attached hydrogens (tertiary/aromatic N) is 1. The van der Waals surface area contributed by atoms with E-state index in [1.54, 1.807) is 0 Å². The summed E-state index contributed by atoms with van der Waals surface area (Å²) in [7, 11) is 0. The van der Waals surface area contributed by atoms with Crippen LogP contribution in [0.15, 0.2) is 46.2 Å². The first kappa shape index (κ1) is 21.1. The quantitative estimate of drug-likeness (QED) is 0.565. The third-order valence-electron chi connectivity index (χ3n) is 6.42. The largest absolute Gasteiger partial charge is 0.361 e. The molecule has 1 amide bonds. The Morgan fingerprint density at radius 2 is 1.97 bits per heavy atom. The molecule has 164 valence electrons. The van der Waals surface area contributed by atoms with Crippen molar-refractivity contribution in [2.75, 3.05) is 6.54 Å². The van der Waals surface area contributed by atoms with Gasteiger partial charge >= 0.3 is 5.69 Å². The number of para-hydroxylation sites is 1. The van der Waals surface area contributed by atoms with E-state index in [-0.39, 0.29) is 23.5 Å². The van der Waals surface area contributed by atoms with E-state index in [0.717, 1.165) is 22.9 Å². The monoisotopic (exact) mass is 424 g/mol. The Kier molecular flexibility index (Phi) is 5.82. The summed E-state index contributed by atoms with van der Waals surface area (Å²) in [4.78, 5) is 42.9. The molecular weight excluding hydrogens is 396 g/mol. The van der Waals surface area contributed by atoms with E-state index in [2.05, 4.69) is 22.2 Å². The van der Waals surface area contributed by atoms with Crippen LogP contribution in [0.25, 0.3) is 10.9 Å². The number of benzene rings is 1. The maximum absolute atomic E-state index is 12.7. The van der Waals surface area contributed by atoms with Crippen molar-refractivity contribution in [3.8, 4) is 0 Å². The first-order chi connectivity index (χ1) is 14.9. The smallest absolute Gasteiger partial charge is 0.330 e. The van der Waals surface area contributed by atoms with Crippen molar-refractivity contribution in [2.24, 2.45) is 11.8 Å². The second kappa shape index (κ2) is 8.55. The molecule has 0 saturated carbocycles. The Morgan fingerprint density at radius 3 is 2.71 bits per heavy atom. The minimum absolute atomic E-state index is 0.0345. The zero-order valence-electron chi connectivity index (χ0n) is 18.0. The van der Waals surface area contributed by atoms with Gasteiger partial charge in [0.25, 0.3) is 11.5 Å². The number of carbonyl (C=O) groups is 1. The highest BCUT2D eigenvalue weighted by atomic mass is 16.5. The van der Waals surface area contributed by atoms with Gasteiger partial charge in [0.1, 0.15) is 11.8 Å². The van der Waals surface area contributed by atoms with Crippen LogP contribution in [0.1, 0.15) is 49.3 Å². The molecule has 3 aromatic rings. The molecule has 31 heavy (non-hydrogen) atoms. The van der Waals surface area contributed by atoms with Gasteiger partial charge in [0.15, 0.2) is 0 Å². The molecule has 0 radical (unpaired) electrons. The fourth-order valence-corrected chi connectivity index (χ4v) is 4.39. The number of amides is 1. The highest BCUT2D eigenvalue weighted by Crippen LogP contribution is 2.39. The number of hydrogen-bond donors (Lipinski definition) is 3. The molecule has 3 heterocycles. The maximum Gasteiger partial charge on any atom is 0.330 e. The number of hydrogen-bond acceptors (Lipinski definition) is 4. The van der Waals surface area contributed by atoms with Gasteiger partial charge in [-0.05, 0) is 30.4 Å². The van der Waals surface area contributed by atoms with Gasteiger partial charge in [-0.2, -0.15) is 0 Å². The Labute approximate surface area is 179 Å². The van der Waals surface area contributed by atoms with Gasteiger partial charge in [-0.3, -0.25) is 19.1 Å². The van der Waals surface area contributed by atoms with Gasteiger partial charge in [-0.25, -0.2) is 4.79 Å². The minimum Gasteiger partial charge on any atom is -0.361 e. The summed E-state index contributed by atoms with van der Waals surface area (Å²) < 4.78 is 7.39. The standard InChI is InChI=1S/C23H28N4O4/c1-4-19-13(2)14(3)22(31-19)27-12-17(21(29)26-23(27)30)20(28)24-10-9-15-11-25-18-8-6-5-7-16(15)18/h5-8,11-14,19,22,25H,4,9-10H2,1-3H3,(H,24,28)(H,26,29,30)/t13-,14?,19-,22-/m1/s1. The molecule has 8 nitrogen and oxygen atoms in total. The molecule has 0 aliphatic carbocycles. The molecule has 2 aromatic heterocycles. The van der Waals surface area contributed by atoms with Gasteiger partial charge in [0.2, 0.25) is 0 Å². The number of carbonyl (C=O) groups excluding carboxylic acids is 1. The fraction of sp³-hybridized carbons (Fsp3) is 0.435. The normalized spacial score (nSPS) is 23.3. The van der Waals surface area contributed by atoms with Crippen molar-refractivity contribution in [3.63, 3.8) is 0 Å². The molecular formula is C23H28N4O4. The predicted molar refractivity (Wildman–Crippen MR) is 118 cm³/mol. The summed E-state index contributed by atoms with van der Waals surface area (Å²) >= 11 is 0. The predicted octanol–water partition coefficient (Wildman–Crippen LogP) is 2.57. The van der Waals surface area contributed by atoms with E-state index < -0.39 is 23.4 Å². The van der Waals surface area contributed by atoms with E-state index in [1.165, 1.54) is 10.8 Å². The van der Waals surface area contributed by atoms with Crippen LogP contribution >= 0.6 is 0 Å². The zero-order valence-corrected chi connectivity index (χ0v) is 18.0. The number of fused-ring (bicyclic) bond motifs is 1. The summed E-state index contributed by atoms with van der Waals surface area (Å²) in [6, 6.07) is 7.95. The topological polar surface area (TPSA) is 109 Å². The van der Waals surface area contributed by atoms with Crippen LogP contribution in [-0.4, -0.2) is 33.1 Å². The second-order valence-corrected chi connectivity index (χ2v) is 8.27. The van der Waals surface area contributed by atoms with Crippen molar-refractivity contribution in [3.05, 3.63) is 68.6 Å². The summed E-state index contributed by atoms with van der Waals surface area (Å²) in [5, 5.41) is 3.90. The lowest BCUT2D eigenvalue weighted by molar-refractivity contribution is -0.0169. The molecule has 1 aliphatic rings. The Hall–Kier alpha value is -3.13. The lowest BCUT2D eigenvalue weighted by Crippen LogP contribution is -2.39. The van der Waals surface area contributed by atoms with Crippen LogP contribution in [0.4, 0.5) is 0 Å². The molecule has 4 atom stereocenters. The first-order valence-electron chi connectivity index (χ1n) is 10.7. The zero-order chi connectivity index (χ0) is 22.1. The molecule has 0 spiro atoms. The summed E-state index contributed by atoms with van der Waals surface area (Å²) in [6.07, 6.45) is 4.23. The number of ether oxygens (including phenoxy) is 1. The van der Waals surface area contributed by atoms with Crippen LogP contribution in [0.5, 0.6) is 0 Å². The number of aromatic nitrogens is 3. The van der Waals surface area contributed by atoms with Gasteiger partial charge in [-0.15, -0.1) is 0 Å². The van der Waals surface area contributed by atoms with E-state index in [1.807, 2.05) is 44.3 Å². The first-order valence-corrected chi connectivity index (χ1v) is 10.7. The van der Waals surface area contributed by atoms with E-state index in [0.29, 0.717) is 13.0 Å².